The van der Waals surface area contributed by atoms with Crippen LogP contribution in [0.25, 0.3) is 0 Å². The van der Waals surface area contributed by atoms with Crippen molar-refractivity contribution in [3.8, 4) is 0 Å². The molecule has 0 saturated heterocycles. The van der Waals surface area contributed by atoms with Gasteiger partial charge in [-0.1, -0.05) is 0 Å². The van der Waals surface area contributed by atoms with Gasteiger partial charge in [0.25, 0.3) is 0 Å². The van der Waals surface area contributed by atoms with Crippen LogP contribution in [0.2, 0.25) is 0 Å². The standard InChI is InChI=1S/C2F6S.BrH/c3-1(4,5)9-2(6,7)8;/h;1H. The lowest BCUT2D eigenvalue weighted by atomic mass is 11.5. The molecule has 0 atom stereocenters. The van der Waals surface area contributed by atoms with E-state index in [2.05, 4.69) is 0 Å². The first-order valence-corrected chi connectivity index (χ1v) is 2.36. The number of hydrogen-bond acceptors (Lipinski definition) is 1. The molecule has 8 heteroatoms. The van der Waals surface area contributed by atoms with Gasteiger partial charge in [-0.3, -0.25) is 0 Å². The summed E-state index contributed by atoms with van der Waals surface area (Å²) in [6, 6.07) is 0. The molecule has 0 heterocycles. The van der Waals surface area contributed by atoms with Gasteiger partial charge in [0.1, 0.15) is 0 Å². The highest BCUT2D eigenvalue weighted by atomic mass is 79.9. The van der Waals surface area contributed by atoms with E-state index in [0.717, 1.165) is 0 Å². The third-order valence-electron chi connectivity index (χ3n) is 0.231. The van der Waals surface area contributed by atoms with Crippen molar-refractivity contribution in [3.05, 3.63) is 0 Å². The molecule has 0 nitrogen and oxygen atoms in total. The Hall–Kier alpha value is 0.410. The highest BCUT2D eigenvalue weighted by Gasteiger charge is 2.45. The Kier molecular flexibility index (Phi) is 4.82. The Morgan fingerprint density at radius 2 is 0.900 bits per heavy atom. The molecule has 0 N–H and O–H groups in total. The monoisotopic (exact) mass is 250 g/mol. The van der Waals surface area contributed by atoms with Gasteiger partial charge in [0.05, 0.1) is 11.8 Å². The van der Waals surface area contributed by atoms with E-state index >= 15 is 0 Å². The highest BCUT2D eigenvalue weighted by Crippen LogP contribution is 2.43. The molecule has 0 unspecified atom stereocenters. The predicted molar refractivity (Wildman–Crippen MR) is 30.0 cm³/mol. The van der Waals surface area contributed by atoms with Crippen molar-refractivity contribution in [2.45, 2.75) is 11.0 Å². The van der Waals surface area contributed by atoms with E-state index in [0.29, 0.717) is 0 Å². The average Bonchev–Trinajstić information content (AvgIpc) is 1.14. The maximum absolute atomic E-state index is 10.8. The molecule has 0 aromatic carbocycles. The number of thioether (sulfide) groups is 1. The van der Waals surface area contributed by atoms with Crippen LogP contribution in [-0.2, 0) is 0 Å². The van der Waals surface area contributed by atoms with Crippen LogP contribution < -0.4 is 0 Å². The number of hydrogen-bond donors (Lipinski definition) is 0. The van der Waals surface area contributed by atoms with Crippen LogP contribution >= 0.6 is 28.7 Å². The van der Waals surface area contributed by atoms with Gasteiger partial charge in [-0.2, -0.15) is 26.3 Å². The van der Waals surface area contributed by atoms with Crippen LogP contribution in [-0.4, -0.2) is 11.0 Å². The molecule has 0 spiro atoms. The van der Waals surface area contributed by atoms with Crippen LogP contribution in [0.15, 0.2) is 0 Å². The topological polar surface area (TPSA) is 0 Å². The minimum Gasteiger partial charge on any atom is -0.160 e. The van der Waals surface area contributed by atoms with Crippen molar-refractivity contribution >= 4 is 28.7 Å². The fourth-order valence-electron chi connectivity index (χ4n) is 0.131. The van der Waals surface area contributed by atoms with Gasteiger partial charge >= 0.3 is 11.0 Å². The quantitative estimate of drug-likeness (QED) is 0.595. The number of rotatable bonds is 0. The predicted octanol–water partition coefficient (Wildman–Crippen LogP) is 3.34. The minimum atomic E-state index is -5.22. The molecule has 0 aliphatic heterocycles. The summed E-state index contributed by atoms with van der Waals surface area (Å²) in [4.78, 5) is 0. The zero-order chi connectivity index (χ0) is 7.71. The summed E-state index contributed by atoms with van der Waals surface area (Å²) >= 11 is -1.99. The normalized spacial score (nSPS) is 12.6. The molecule has 0 fully saturated rings. The van der Waals surface area contributed by atoms with Crippen LogP contribution in [0.1, 0.15) is 0 Å². The molecule has 0 aromatic heterocycles. The Morgan fingerprint density at radius 3 is 0.900 bits per heavy atom. The van der Waals surface area contributed by atoms with Crippen LogP contribution in [0.3, 0.4) is 0 Å². The van der Waals surface area contributed by atoms with Crippen molar-refractivity contribution in [1.82, 2.24) is 0 Å². The summed E-state index contributed by atoms with van der Waals surface area (Å²) in [6.07, 6.45) is 0. The van der Waals surface area contributed by atoms with E-state index < -0.39 is 22.8 Å². The fraction of sp³-hybridized carbons (Fsp3) is 1.00. The lowest BCUT2D eigenvalue weighted by Gasteiger charge is -2.06. The summed E-state index contributed by atoms with van der Waals surface area (Å²) in [7, 11) is 0. The Balaban J connectivity index is 0. The first kappa shape index (κ1) is 13.0. The molecule has 0 bridgehead atoms. The van der Waals surface area contributed by atoms with Gasteiger partial charge in [-0.15, -0.1) is 17.0 Å². The zero-order valence-electron chi connectivity index (χ0n) is 4.08. The van der Waals surface area contributed by atoms with Gasteiger partial charge in [0.2, 0.25) is 0 Å². The number of alkyl halides is 6. The lowest BCUT2D eigenvalue weighted by molar-refractivity contribution is -0.0696. The van der Waals surface area contributed by atoms with Gasteiger partial charge in [0.15, 0.2) is 0 Å². The third-order valence-corrected chi connectivity index (χ3v) is 0.694. The van der Waals surface area contributed by atoms with Gasteiger partial charge in [-0.25, -0.2) is 0 Å². The SMILES string of the molecule is Br.FC(F)(F)SC(F)(F)F. The van der Waals surface area contributed by atoms with Crippen molar-refractivity contribution in [3.63, 3.8) is 0 Å². The van der Waals surface area contributed by atoms with E-state index in [4.69, 9.17) is 0 Å². The molecule has 0 rings (SSSR count). The molecular formula is C2HBrF6S. The van der Waals surface area contributed by atoms with Crippen LogP contribution in [0.5, 0.6) is 0 Å². The van der Waals surface area contributed by atoms with Crippen LogP contribution in [0.4, 0.5) is 26.3 Å². The summed E-state index contributed by atoms with van der Waals surface area (Å²) in [5.41, 5.74) is -10.4. The highest BCUT2D eigenvalue weighted by molar-refractivity contribution is 8.93. The molecule has 0 aromatic rings. The summed E-state index contributed by atoms with van der Waals surface area (Å²) in [5, 5.41) is 0. The second kappa shape index (κ2) is 3.70. The van der Waals surface area contributed by atoms with E-state index in [9.17, 15) is 26.3 Å². The molecular weight excluding hydrogens is 250 g/mol. The maximum atomic E-state index is 10.8. The van der Waals surface area contributed by atoms with E-state index in [1.165, 1.54) is 0 Å². The number of halogens is 7. The van der Waals surface area contributed by atoms with Crippen LogP contribution in [0, 0.1) is 0 Å². The first-order chi connectivity index (χ1) is 3.71. The molecule has 0 amide bonds. The lowest BCUT2D eigenvalue weighted by Crippen LogP contribution is -2.11. The van der Waals surface area contributed by atoms with E-state index in [1.807, 2.05) is 0 Å². The second-order valence-corrected chi connectivity index (χ2v) is 2.12. The van der Waals surface area contributed by atoms with E-state index in [-0.39, 0.29) is 17.0 Å². The van der Waals surface area contributed by atoms with Gasteiger partial charge in [0, 0.05) is 0 Å². The van der Waals surface area contributed by atoms with Gasteiger partial charge in [-0.05, 0) is 0 Å². The average molecular weight is 251 g/mol. The third kappa shape index (κ3) is 11.2. The molecule has 0 aliphatic carbocycles. The van der Waals surface area contributed by atoms with Crippen molar-refractivity contribution < 1.29 is 26.3 Å². The molecule has 10 heavy (non-hydrogen) atoms. The smallest absolute Gasteiger partial charge is 0.160 e. The van der Waals surface area contributed by atoms with Crippen molar-refractivity contribution in [1.29, 1.82) is 0 Å². The zero-order valence-corrected chi connectivity index (χ0v) is 6.61. The largest absolute Gasteiger partial charge is 0.450 e. The molecule has 64 valence electrons. The molecule has 0 aliphatic rings. The molecule has 0 saturated carbocycles. The summed E-state index contributed by atoms with van der Waals surface area (Å²) < 4.78 is 64.8. The first-order valence-electron chi connectivity index (χ1n) is 1.54. The Morgan fingerprint density at radius 1 is 0.700 bits per heavy atom. The molecule has 0 radical (unpaired) electrons. The van der Waals surface area contributed by atoms with Gasteiger partial charge < -0.3 is 0 Å². The van der Waals surface area contributed by atoms with Crippen molar-refractivity contribution in [2.75, 3.05) is 0 Å². The van der Waals surface area contributed by atoms with Crippen molar-refractivity contribution in [2.24, 2.45) is 0 Å². The summed E-state index contributed by atoms with van der Waals surface area (Å²) in [5.74, 6) is 0. The van der Waals surface area contributed by atoms with E-state index in [1.54, 1.807) is 0 Å². The Labute approximate surface area is 66.7 Å². The maximum Gasteiger partial charge on any atom is 0.450 e. The second-order valence-electron chi connectivity index (χ2n) is 0.994. The minimum absolute atomic E-state index is 0. The summed E-state index contributed by atoms with van der Waals surface area (Å²) in [6.45, 7) is 0. The fourth-order valence-corrected chi connectivity index (χ4v) is 0.394. The Bertz CT molecular complexity index is 80.9.